The van der Waals surface area contributed by atoms with Crippen LogP contribution in [0.25, 0.3) is 0 Å². The number of ether oxygens (including phenoxy) is 1. The molecule has 0 spiro atoms. The molecule has 0 radical (unpaired) electrons. The summed E-state index contributed by atoms with van der Waals surface area (Å²) in [5.74, 6) is -2.47. The molecule has 1 aromatic heterocycles. The second-order valence-corrected chi connectivity index (χ2v) is 4.02. The number of nitrogens with two attached hydrogens (primary N) is 1. The van der Waals surface area contributed by atoms with Crippen LogP contribution in [-0.2, 0) is 0 Å². The summed E-state index contributed by atoms with van der Waals surface area (Å²) in [7, 11) is 0. The van der Waals surface area contributed by atoms with Gasteiger partial charge >= 0.3 is 0 Å². The van der Waals surface area contributed by atoms with Gasteiger partial charge in [0.1, 0.15) is 5.75 Å². The van der Waals surface area contributed by atoms with Crippen LogP contribution in [0.2, 0.25) is 0 Å². The zero-order valence-corrected chi connectivity index (χ0v) is 10.9. The summed E-state index contributed by atoms with van der Waals surface area (Å²) in [6.45, 7) is 3.75. The Morgan fingerprint density at radius 3 is 2.53 bits per heavy atom. The van der Waals surface area contributed by atoms with Gasteiger partial charge in [0.15, 0.2) is 6.61 Å². The summed E-state index contributed by atoms with van der Waals surface area (Å²) in [6.07, 6.45) is 1.43. The molecule has 0 amide bonds. The van der Waals surface area contributed by atoms with Gasteiger partial charge in [-0.05, 0) is 25.5 Å². The first kappa shape index (κ1) is 16.1. The molecule has 0 fully saturated rings. The first-order valence-corrected chi connectivity index (χ1v) is 5.02. The number of aromatic nitrogens is 1. The predicted molar refractivity (Wildman–Crippen MR) is 64.9 cm³/mol. The predicted octanol–water partition coefficient (Wildman–Crippen LogP) is 2.87. The van der Waals surface area contributed by atoms with Gasteiger partial charge in [-0.3, -0.25) is 4.98 Å². The first-order valence-electron chi connectivity index (χ1n) is 5.02. The van der Waals surface area contributed by atoms with E-state index < -0.39 is 12.5 Å². The average Bonchev–Trinajstić information content (AvgIpc) is 2.14. The standard InChI is InChI=1S/C11H16F2N2O.ClH/c1-7-4-9(8(2)14)15-5-10(7)16-6-11(3,12)13;/h4-5,8H,6,14H2,1-3H3;1H. The molecule has 0 aliphatic heterocycles. The molecule has 0 saturated carbocycles. The van der Waals surface area contributed by atoms with E-state index in [9.17, 15) is 8.78 Å². The molecule has 2 N–H and O–H groups in total. The molecule has 98 valence electrons. The molecule has 0 bridgehead atoms. The maximum absolute atomic E-state index is 12.6. The summed E-state index contributed by atoms with van der Waals surface area (Å²) in [4.78, 5) is 4.04. The molecule has 1 heterocycles. The van der Waals surface area contributed by atoms with Gasteiger partial charge in [-0.1, -0.05) is 0 Å². The molecule has 0 saturated heterocycles. The van der Waals surface area contributed by atoms with Crippen molar-refractivity contribution in [2.45, 2.75) is 32.7 Å². The van der Waals surface area contributed by atoms with E-state index in [-0.39, 0.29) is 18.4 Å². The zero-order valence-electron chi connectivity index (χ0n) is 10.0. The van der Waals surface area contributed by atoms with Gasteiger partial charge in [-0.15, -0.1) is 12.4 Å². The fourth-order valence-corrected chi connectivity index (χ4v) is 1.17. The number of hydrogen-bond donors (Lipinski definition) is 1. The summed E-state index contributed by atoms with van der Waals surface area (Å²) >= 11 is 0. The zero-order chi connectivity index (χ0) is 12.3. The lowest BCUT2D eigenvalue weighted by molar-refractivity contribution is -0.0232. The summed E-state index contributed by atoms with van der Waals surface area (Å²) in [5.41, 5.74) is 7.12. The Bertz CT molecular complexity index is 367. The highest BCUT2D eigenvalue weighted by Crippen LogP contribution is 2.21. The summed E-state index contributed by atoms with van der Waals surface area (Å²) in [6, 6.07) is 1.56. The van der Waals surface area contributed by atoms with E-state index in [4.69, 9.17) is 10.5 Å². The normalized spacial score (nSPS) is 12.8. The van der Waals surface area contributed by atoms with Crippen LogP contribution in [0.3, 0.4) is 0 Å². The highest BCUT2D eigenvalue weighted by atomic mass is 35.5. The Morgan fingerprint density at radius 2 is 2.12 bits per heavy atom. The van der Waals surface area contributed by atoms with Crippen molar-refractivity contribution in [1.82, 2.24) is 4.98 Å². The topological polar surface area (TPSA) is 48.1 Å². The van der Waals surface area contributed by atoms with Gasteiger partial charge in [-0.25, -0.2) is 8.78 Å². The largest absolute Gasteiger partial charge is 0.485 e. The Balaban J connectivity index is 0.00000256. The van der Waals surface area contributed by atoms with Crippen molar-refractivity contribution in [3.63, 3.8) is 0 Å². The highest BCUT2D eigenvalue weighted by molar-refractivity contribution is 5.85. The number of pyridine rings is 1. The Morgan fingerprint density at radius 1 is 1.53 bits per heavy atom. The van der Waals surface area contributed by atoms with E-state index in [1.807, 2.05) is 6.92 Å². The van der Waals surface area contributed by atoms with Crippen LogP contribution in [0.15, 0.2) is 12.3 Å². The number of halogens is 3. The van der Waals surface area contributed by atoms with Crippen molar-refractivity contribution >= 4 is 12.4 Å². The van der Waals surface area contributed by atoms with Crippen LogP contribution in [0.5, 0.6) is 5.75 Å². The van der Waals surface area contributed by atoms with Crippen LogP contribution < -0.4 is 10.5 Å². The lowest BCUT2D eigenvalue weighted by Crippen LogP contribution is -2.21. The second-order valence-electron chi connectivity index (χ2n) is 4.02. The van der Waals surface area contributed by atoms with E-state index in [2.05, 4.69) is 4.98 Å². The third kappa shape index (κ3) is 5.28. The highest BCUT2D eigenvalue weighted by Gasteiger charge is 2.22. The van der Waals surface area contributed by atoms with E-state index in [0.717, 1.165) is 12.5 Å². The number of alkyl halides is 2. The first-order chi connectivity index (χ1) is 7.29. The number of rotatable bonds is 4. The van der Waals surface area contributed by atoms with Gasteiger partial charge in [-0.2, -0.15) is 0 Å². The van der Waals surface area contributed by atoms with Gasteiger partial charge < -0.3 is 10.5 Å². The quantitative estimate of drug-likeness (QED) is 0.912. The Kier molecular flexibility index (Phi) is 5.78. The van der Waals surface area contributed by atoms with Crippen LogP contribution in [0, 0.1) is 6.92 Å². The van der Waals surface area contributed by atoms with E-state index in [1.54, 1.807) is 13.0 Å². The minimum absolute atomic E-state index is 0. The SMILES string of the molecule is Cc1cc(C(C)N)ncc1OCC(C)(F)F.Cl. The van der Waals surface area contributed by atoms with Crippen molar-refractivity contribution < 1.29 is 13.5 Å². The smallest absolute Gasteiger partial charge is 0.278 e. The third-order valence-corrected chi connectivity index (χ3v) is 2.03. The molecule has 0 aliphatic rings. The molecule has 3 nitrogen and oxygen atoms in total. The number of aryl methyl sites for hydroxylation is 1. The monoisotopic (exact) mass is 266 g/mol. The molecule has 0 aliphatic carbocycles. The molecule has 6 heteroatoms. The average molecular weight is 267 g/mol. The van der Waals surface area contributed by atoms with Crippen molar-refractivity contribution in [1.29, 1.82) is 0 Å². The van der Waals surface area contributed by atoms with Crippen molar-refractivity contribution in [2.75, 3.05) is 6.61 Å². The van der Waals surface area contributed by atoms with Gasteiger partial charge in [0.05, 0.1) is 11.9 Å². The van der Waals surface area contributed by atoms with E-state index in [0.29, 0.717) is 11.4 Å². The lowest BCUT2D eigenvalue weighted by atomic mass is 10.1. The van der Waals surface area contributed by atoms with E-state index in [1.165, 1.54) is 6.20 Å². The maximum atomic E-state index is 12.6. The van der Waals surface area contributed by atoms with Crippen molar-refractivity contribution in [3.8, 4) is 5.75 Å². The van der Waals surface area contributed by atoms with Crippen molar-refractivity contribution in [2.24, 2.45) is 5.73 Å². The number of nitrogens with zero attached hydrogens (tertiary/aromatic N) is 1. The Hall–Kier alpha value is -0.940. The molecule has 1 unspecified atom stereocenters. The van der Waals surface area contributed by atoms with Crippen LogP contribution in [0.4, 0.5) is 8.78 Å². The van der Waals surface area contributed by atoms with Gasteiger partial charge in [0, 0.05) is 13.0 Å². The molecule has 0 aromatic carbocycles. The molecular weight excluding hydrogens is 250 g/mol. The Labute approximate surface area is 106 Å². The molecule has 1 atom stereocenters. The lowest BCUT2D eigenvalue weighted by Gasteiger charge is -2.14. The summed E-state index contributed by atoms with van der Waals surface area (Å²) in [5, 5.41) is 0. The minimum atomic E-state index is -2.84. The van der Waals surface area contributed by atoms with Gasteiger partial charge in [0.25, 0.3) is 5.92 Å². The number of hydrogen-bond acceptors (Lipinski definition) is 3. The molecule has 17 heavy (non-hydrogen) atoms. The fraction of sp³-hybridized carbons (Fsp3) is 0.545. The fourth-order valence-electron chi connectivity index (χ4n) is 1.17. The van der Waals surface area contributed by atoms with E-state index >= 15 is 0 Å². The van der Waals surface area contributed by atoms with Crippen LogP contribution in [0.1, 0.15) is 31.1 Å². The molecule has 1 rings (SSSR count). The minimum Gasteiger partial charge on any atom is -0.485 e. The van der Waals surface area contributed by atoms with Crippen LogP contribution >= 0.6 is 12.4 Å². The van der Waals surface area contributed by atoms with Crippen molar-refractivity contribution in [3.05, 3.63) is 23.5 Å². The summed E-state index contributed by atoms with van der Waals surface area (Å²) < 4.78 is 30.1. The second kappa shape index (κ2) is 6.12. The molecule has 1 aromatic rings. The molecular formula is C11H17ClF2N2O. The van der Waals surface area contributed by atoms with Gasteiger partial charge in [0.2, 0.25) is 0 Å². The maximum Gasteiger partial charge on any atom is 0.278 e. The third-order valence-electron chi connectivity index (χ3n) is 2.03. The van der Waals surface area contributed by atoms with Crippen LogP contribution in [-0.4, -0.2) is 17.5 Å².